The van der Waals surface area contributed by atoms with Gasteiger partial charge < -0.3 is 15.2 Å². The molecule has 3 aromatic rings. The molecule has 3 aromatic heterocycles. The standard InChI is InChI=1S/C17H19N7O2/c18-15-4-19-13-3-20-24(17(13)21-15)16-2-12(22-23-16)11-7-26-14(11)1-8-9-5-25-6-10(8)9/h2-4,8-11,14H,1,5-7H2,(H2,18,21)(H,22,23). The fourth-order valence-electron chi connectivity index (χ4n) is 4.44. The number of fused-ring (bicyclic) bond motifs is 2. The second-order valence-electron chi connectivity index (χ2n) is 7.48. The maximum Gasteiger partial charge on any atom is 0.185 e. The van der Waals surface area contributed by atoms with Crippen LogP contribution in [0.1, 0.15) is 18.0 Å². The number of rotatable bonds is 4. The number of hydrogen-bond acceptors (Lipinski definition) is 7. The Labute approximate surface area is 148 Å². The largest absolute Gasteiger partial charge is 0.382 e. The maximum absolute atomic E-state index is 5.85. The molecular formula is C17H19N7O2. The van der Waals surface area contributed by atoms with Crippen LogP contribution in [0.2, 0.25) is 0 Å². The molecule has 2 saturated heterocycles. The van der Waals surface area contributed by atoms with Gasteiger partial charge in [0.1, 0.15) is 11.3 Å². The molecule has 6 rings (SSSR count). The second-order valence-corrected chi connectivity index (χ2v) is 7.48. The average Bonchev–Trinajstić information content (AvgIpc) is 3.09. The van der Waals surface area contributed by atoms with Gasteiger partial charge in [-0.05, 0) is 24.2 Å². The predicted molar refractivity (Wildman–Crippen MR) is 91.6 cm³/mol. The minimum absolute atomic E-state index is 0.267. The Morgan fingerprint density at radius 2 is 2.12 bits per heavy atom. The third-order valence-corrected chi connectivity index (χ3v) is 6.07. The SMILES string of the molecule is Nc1cnc2cnn(-c3cc(C4COC4CC4C5COCC54)[nH]n3)c2n1. The molecule has 5 heterocycles. The second kappa shape index (κ2) is 5.24. The van der Waals surface area contributed by atoms with E-state index in [0.29, 0.717) is 28.7 Å². The van der Waals surface area contributed by atoms with Crippen molar-refractivity contribution in [1.82, 2.24) is 29.9 Å². The van der Waals surface area contributed by atoms with Gasteiger partial charge in [-0.1, -0.05) is 0 Å². The van der Waals surface area contributed by atoms with Crippen LogP contribution in [0.3, 0.4) is 0 Å². The van der Waals surface area contributed by atoms with Crippen LogP contribution in [0.15, 0.2) is 18.5 Å². The van der Waals surface area contributed by atoms with Gasteiger partial charge in [-0.3, -0.25) is 5.10 Å². The van der Waals surface area contributed by atoms with E-state index >= 15 is 0 Å². The monoisotopic (exact) mass is 353 g/mol. The van der Waals surface area contributed by atoms with Gasteiger partial charge in [0.2, 0.25) is 0 Å². The minimum Gasteiger partial charge on any atom is -0.382 e. The molecule has 0 aromatic carbocycles. The lowest BCUT2D eigenvalue weighted by Gasteiger charge is -2.36. The fourth-order valence-corrected chi connectivity index (χ4v) is 4.44. The van der Waals surface area contributed by atoms with E-state index in [0.717, 1.165) is 49.7 Å². The first-order chi connectivity index (χ1) is 12.8. The molecular weight excluding hydrogens is 334 g/mol. The Hall–Kier alpha value is -2.52. The van der Waals surface area contributed by atoms with E-state index in [-0.39, 0.29) is 6.10 Å². The van der Waals surface area contributed by atoms with Gasteiger partial charge in [-0.25, -0.2) is 9.97 Å². The number of hydrogen-bond donors (Lipinski definition) is 2. The van der Waals surface area contributed by atoms with E-state index in [1.165, 1.54) is 6.20 Å². The topological polar surface area (TPSA) is 117 Å². The van der Waals surface area contributed by atoms with Crippen LogP contribution >= 0.6 is 0 Å². The zero-order chi connectivity index (χ0) is 17.3. The molecule has 2 aliphatic heterocycles. The number of nitrogens with one attached hydrogen (secondary N) is 1. The zero-order valence-corrected chi connectivity index (χ0v) is 14.1. The van der Waals surface area contributed by atoms with Crippen LogP contribution in [0.4, 0.5) is 5.82 Å². The summed E-state index contributed by atoms with van der Waals surface area (Å²) >= 11 is 0. The Balaban J connectivity index is 1.23. The number of aromatic amines is 1. The Kier molecular flexibility index (Phi) is 2.95. The maximum atomic E-state index is 5.85. The zero-order valence-electron chi connectivity index (χ0n) is 14.1. The first-order valence-corrected chi connectivity index (χ1v) is 8.99. The van der Waals surface area contributed by atoms with Gasteiger partial charge in [-0.15, -0.1) is 0 Å². The summed E-state index contributed by atoms with van der Waals surface area (Å²) in [6.45, 7) is 2.59. The highest BCUT2D eigenvalue weighted by atomic mass is 16.5. The summed E-state index contributed by atoms with van der Waals surface area (Å²) in [5.74, 6) is 3.70. The Morgan fingerprint density at radius 1 is 1.23 bits per heavy atom. The van der Waals surface area contributed by atoms with Crippen LogP contribution in [-0.4, -0.2) is 55.9 Å². The molecule has 0 spiro atoms. The van der Waals surface area contributed by atoms with E-state index in [4.69, 9.17) is 15.2 Å². The van der Waals surface area contributed by atoms with Gasteiger partial charge >= 0.3 is 0 Å². The molecule has 1 aliphatic carbocycles. The van der Waals surface area contributed by atoms with Crippen molar-refractivity contribution in [3.8, 4) is 5.82 Å². The quantitative estimate of drug-likeness (QED) is 0.715. The third-order valence-electron chi connectivity index (χ3n) is 6.07. The molecule has 3 N–H and O–H groups in total. The minimum atomic E-state index is 0.267. The highest BCUT2D eigenvalue weighted by Crippen LogP contribution is 2.55. The number of anilines is 1. The Morgan fingerprint density at radius 3 is 2.92 bits per heavy atom. The van der Waals surface area contributed by atoms with Crippen LogP contribution in [0.25, 0.3) is 17.0 Å². The summed E-state index contributed by atoms with van der Waals surface area (Å²) in [5, 5.41) is 11.9. The molecule has 3 fully saturated rings. The number of nitrogen functional groups attached to an aromatic ring is 1. The lowest BCUT2D eigenvalue weighted by Crippen LogP contribution is -2.38. The lowest BCUT2D eigenvalue weighted by molar-refractivity contribution is -0.0872. The molecule has 3 aliphatic rings. The summed E-state index contributed by atoms with van der Waals surface area (Å²) in [7, 11) is 0. The normalized spacial score (nSPS) is 32.5. The first kappa shape index (κ1) is 14.6. The van der Waals surface area contributed by atoms with Crippen LogP contribution in [0, 0.1) is 17.8 Å². The predicted octanol–water partition coefficient (Wildman–Crippen LogP) is 0.886. The number of nitrogens with two attached hydrogens (primary N) is 1. The van der Waals surface area contributed by atoms with Crippen LogP contribution in [0.5, 0.6) is 0 Å². The molecule has 0 amide bonds. The molecule has 9 heteroatoms. The molecule has 134 valence electrons. The van der Waals surface area contributed by atoms with E-state index in [9.17, 15) is 0 Å². The summed E-state index contributed by atoms with van der Waals surface area (Å²) in [6.07, 6.45) is 4.58. The summed E-state index contributed by atoms with van der Waals surface area (Å²) < 4.78 is 13.0. The number of H-pyrrole nitrogens is 1. The van der Waals surface area contributed by atoms with E-state index < -0.39 is 0 Å². The molecule has 4 atom stereocenters. The van der Waals surface area contributed by atoms with Gasteiger partial charge in [0.15, 0.2) is 11.5 Å². The van der Waals surface area contributed by atoms with Gasteiger partial charge in [0.25, 0.3) is 0 Å². The van der Waals surface area contributed by atoms with E-state index in [1.807, 2.05) is 6.07 Å². The first-order valence-electron chi connectivity index (χ1n) is 8.99. The van der Waals surface area contributed by atoms with Crippen molar-refractivity contribution in [2.24, 2.45) is 17.8 Å². The third kappa shape index (κ3) is 2.10. The number of aromatic nitrogens is 6. The number of ether oxygens (including phenoxy) is 2. The molecule has 4 unspecified atom stereocenters. The van der Waals surface area contributed by atoms with E-state index in [2.05, 4.69) is 25.3 Å². The van der Waals surface area contributed by atoms with Crippen molar-refractivity contribution in [3.05, 3.63) is 24.2 Å². The summed E-state index contributed by atoms with van der Waals surface area (Å²) in [4.78, 5) is 8.56. The highest BCUT2D eigenvalue weighted by Gasteiger charge is 2.55. The van der Waals surface area contributed by atoms with Crippen molar-refractivity contribution in [3.63, 3.8) is 0 Å². The van der Waals surface area contributed by atoms with Gasteiger partial charge in [0.05, 0.1) is 44.2 Å². The van der Waals surface area contributed by atoms with Crippen molar-refractivity contribution >= 4 is 17.0 Å². The summed E-state index contributed by atoms with van der Waals surface area (Å²) in [6, 6.07) is 2.02. The fraction of sp³-hybridized carbons (Fsp3) is 0.529. The highest BCUT2D eigenvalue weighted by molar-refractivity contribution is 5.72. The smallest absolute Gasteiger partial charge is 0.185 e. The Bertz CT molecular complexity index is 973. The lowest BCUT2D eigenvalue weighted by atomic mass is 9.89. The molecule has 26 heavy (non-hydrogen) atoms. The molecule has 1 saturated carbocycles. The summed E-state index contributed by atoms with van der Waals surface area (Å²) in [5.41, 5.74) is 8.13. The van der Waals surface area contributed by atoms with Crippen molar-refractivity contribution in [2.45, 2.75) is 18.4 Å². The average molecular weight is 353 g/mol. The number of nitrogens with zero attached hydrogens (tertiary/aromatic N) is 5. The van der Waals surface area contributed by atoms with Crippen LogP contribution in [-0.2, 0) is 9.47 Å². The van der Waals surface area contributed by atoms with Crippen molar-refractivity contribution < 1.29 is 9.47 Å². The van der Waals surface area contributed by atoms with Crippen molar-refractivity contribution in [2.75, 3.05) is 25.6 Å². The van der Waals surface area contributed by atoms with Crippen molar-refractivity contribution in [1.29, 1.82) is 0 Å². The van der Waals surface area contributed by atoms with E-state index in [1.54, 1.807) is 10.9 Å². The van der Waals surface area contributed by atoms with Gasteiger partial charge in [-0.2, -0.15) is 14.9 Å². The van der Waals surface area contributed by atoms with Crippen LogP contribution < -0.4 is 5.73 Å². The van der Waals surface area contributed by atoms with Gasteiger partial charge in [0, 0.05) is 11.8 Å². The molecule has 9 nitrogen and oxygen atoms in total. The molecule has 0 bridgehead atoms. The molecule has 0 radical (unpaired) electrons.